The lowest BCUT2D eigenvalue weighted by Gasteiger charge is -2.24. The molecule has 0 atom stereocenters. The molecule has 0 fully saturated rings. The summed E-state index contributed by atoms with van der Waals surface area (Å²) in [6.07, 6.45) is 1.75. The fourth-order valence-corrected chi connectivity index (χ4v) is 10.3. The van der Waals surface area contributed by atoms with Crippen molar-refractivity contribution in [2.75, 3.05) is 0 Å². The SMILES string of the molecule is C=CC.c1ccc2sc(-c3cc4c5c(cccc5c3)-c3cc(-c5ccc6c(c5)-c5cccc7cc(-c8cc9ccccc9s8)cc(c57)O6)ccc3O4)cc2c1. The summed E-state index contributed by atoms with van der Waals surface area (Å²) in [6.45, 7) is 5.25. The van der Waals surface area contributed by atoms with Crippen LogP contribution in [0, 0.1) is 0 Å². The summed E-state index contributed by atoms with van der Waals surface area (Å²) in [5.74, 6) is 3.58. The van der Waals surface area contributed by atoms with Gasteiger partial charge in [0, 0.05) is 41.1 Å². The van der Waals surface area contributed by atoms with E-state index < -0.39 is 0 Å². The van der Waals surface area contributed by atoms with E-state index in [4.69, 9.17) is 9.47 Å². The van der Waals surface area contributed by atoms with Crippen molar-refractivity contribution < 1.29 is 9.47 Å². The minimum Gasteiger partial charge on any atom is -0.456 e. The summed E-state index contributed by atoms with van der Waals surface area (Å²) < 4.78 is 16.0. The first kappa shape index (κ1) is 32.0. The maximum absolute atomic E-state index is 6.69. The van der Waals surface area contributed by atoms with Gasteiger partial charge in [-0.05, 0) is 135 Å². The van der Waals surface area contributed by atoms with Crippen LogP contribution in [0.25, 0.3) is 96.0 Å². The highest BCUT2D eigenvalue weighted by molar-refractivity contribution is 7.22. The van der Waals surface area contributed by atoms with Gasteiger partial charge in [0.2, 0.25) is 0 Å². The van der Waals surface area contributed by atoms with Crippen molar-refractivity contribution >= 4 is 64.4 Å². The average Bonchev–Trinajstić information content (AvgIpc) is 3.86. The molecule has 0 saturated carbocycles. The number of fused-ring (bicyclic) bond motifs is 6. The van der Waals surface area contributed by atoms with Crippen molar-refractivity contribution in [3.63, 3.8) is 0 Å². The van der Waals surface area contributed by atoms with Gasteiger partial charge >= 0.3 is 0 Å². The van der Waals surface area contributed by atoms with Crippen LogP contribution in [0.5, 0.6) is 23.0 Å². The number of rotatable bonds is 3. The number of hydrogen-bond donors (Lipinski definition) is 0. The summed E-state index contributed by atoms with van der Waals surface area (Å²) >= 11 is 3.65. The molecule has 4 heterocycles. The Bertz CT molecular complexity index is 2920. The molecule has 0 spiro atoms. The lowest BCUT2D eigenvalue weighted by molar-refractivity contribution is 0.487. The molecule has 2 aliphatic heterocycles. The number of hydrogen-bond acceptors (Lipinski definition) is 4. The normalized spacial score (nSPS) is 12.1. The molecule has 2 nitrogen and oxygen atoms in total. The molecule has 0 radical (unpaired) electrons. The third kappa shape index (κ3) is 5.21. The van der Waals surface area contributed by atoms with Crippen molar-refractivity contribution in [2.24, 2.45) is 0 Å². The Morgan fingerprint density at radius 1 is 0.400 bits per heavy atom. The molecule has 0 saturated heterocycles. The van der Waals surface area contributed by atoms with Gasteiger partial charge in [-0.25, -0.2) is 0 Å². The molecule has 0 N–H and O–H groups in total. The van der Waals surface area contributed by atoms with Gasteiger partial charge in [-0.3, -0.25) is 0 Å². The van der Waals surface area contributed by atoms with Crippen molar-refractivity contribution in [3.8, 4) is 77.3 Å². The second-order valence-corrected chi connectivity index (χ2v) is 16.3. The van der Waals surface area contributed by atoms with Gasteiger partial charge in [-0.1, -0.05) is 91.0 Å². The van der Waals surface area contributed by atoms with Crippen molar-refractivity contribution in [3.05, 3.63) is 170 Å². The lowest BCUT2D eigenvalue weighted by atomic mass is 9.89. The number of benzene rings is 8. The summed E-state index contributed by atoms with van der Waals surface area (Å²) in [7, 11) is 0. The van der Waals surface area contributed by atoms with Crippen molar-refractivity contribution in [1.29, 1.82) is 0 Å². The zero-order chi connectivity index (χ0) is 36.6. The van der Waals surface area contributed by atoms with Crippen molar-refractivity contribution in [1.82, 2.24) is 0 Å². The van der Waals surface area contributed by atoms with Crippen molar-refractivity contribution in [2.45, 2.75) is 6.92 Å². The number of allylic oxidation sites excluding steroid dienone is 1. The molecule has 12 rings (SSSR count). The number of ether oxygens (including phenoxy) is 2. The zero-order valence-corrected chi connectivity index (χ0v) is 31.6. The monoisotopic (exact) mass is 740 g/mol. The first-order chi connectivity index (χ1) is 27.1. The van der Waals surface area contributed by atoms with Gasteiger partial charge in [-0.2, -0.15) is 0 Å². The van der Waals surface area contributed by atoms with E-state index in [1.165, 1.54) is 63.0 Å². The highest BCUT2D eigenvalue weighted by Crippen LogP contribution is 2.52. The Labute approximate surface area is 326 Å². The van der Waals surface area contributed by atoms with Gasteiger partial charge < -0.3 is 9.47 Å². The van der Waals surface area contributed by atoms with Crippen LogP contribution in [0.2, 0.25) is 0 Å². The highest BCUT2D eigenvalue weighted by Gasteiger charge is 2.25. The highest BCUT2D eigenvalue weighted by atomic mass is 32.1. The van der Waals surface area contributed by atoms with Crippen LogP contribution in [0.4, 0.5) is 0 Å². The molecule has 2 aliphatic rings. The Morgan fingerprint density at radius 2 is 0.836 bits per heavy atom. The molecule has 8 aromatic carbocycles. The van der Waals surface area contributed by atoms with Crippen LogP contribution >= 0.6 is 22.7 Å². The molecule has 0 aliphatic carbocycles. The van der Waals surface area contributed by atoms with Gasteiger partial charge in [0.1, 0.15) is 23.0 Å². The van der Waals surface area contributed by atoms with Gasteiger partial charge in [-0.15, -0.1) is 29.3 Å². The second kappa shape index (κ2) is 12.6. The van der Waals surface area contributed by atoms with Crippen LogP contribution in [-0.4, -0.2) is 0 Å². The van der Waals surface area contributed by atoms with Crippen LogP contribution < -0.4 is 9.47 Å². The van der Waals surface area contributed by atoms with Crippen LogP contribution in [-0.2, 0) is 0 Å². The summed E-state index contributed by atoms with van der Waals surface area (Å²) in [5, 5.41) is 7.24. The zero-order valence-electron chi connectivity index (χ0n) is 29.9. The first-order valence-corrected chi connectivity index (χ1v) is 20.1. The van der Waals surface area contributed by atoms with E-state index in [2.05, 4.69) is 164 Å². The van der Waals surface area contributed by atoms with Crippen LogP contribution in [0.15, 0.2) is 170 Å². The summed E-state index contributed by atoms with van der Waals surface area (Å²) in [5.41, 5.74) is 9.29. The fourth-order valence-electron chi connectivity index (χ4n) is 8.17. The van der Waals surface area contributed by atoms with E-state index in [1.807, 2.05) is 29.6 Å². The van der Waals surface area contributed by atoms with Gasteiger partial charge in [0.25, 0.3) is 0 Å². The maximum atomic E-state index is 6.69. The second-order valence-electron chi connectivity index (χ2n) is 14.1. The largest absolute Gasteiger partial charge is 0.456 e. The summed E-state index contributed by atoms with van der Waals surface area (Å²) in [6, 6.07) is 57.1. The van der Waals surface area contributed by atoms with Crippen LogP contribution in [0.3, 0.4) is 0 Å². The first-order valence-electron chi connectivity index (χ1n) is 18.5. The van der Waals surface area contributed by atoms with Crippen LogP contribution in [0.1, 0.15) is 6.92 Å². The minimum absolute atomic E-state index is 0.881. The molecule has 0 amide bonds. The lowest BCUT2D eigenvalue weighted by Crippen LogP contribution is -1.99. The quantitative estimate of drug-likeness (QED) is 0.168. The van der Waals surface area contributed by atoms with E-state index in [1.54, 1.807) is 6.08 Å². The Morgan fingerprint density at radius 3 is 1.29 bits per heavy atom. The third-order valence-electron chi connectivity index (χ3n) is 10.6. The molecule has 4 heteroatoms. The van der Waals surface area contributed by atoms with Gasteiger partial charge in [0.15, 0.2) is 0 Å². The van der Waals surface area contributed by atoms with E-state index >= 15 is 0 Å². The topological polar surface area (TPSA) is 18.5 Å². The van der Waals surface area contributed by atoms with E-state index in [-0.39, 0.29) is 0 Å². The molecule has 0 bridgehead atoms. The number of thiophene rings is 2. The molecule has 2 aromatic heterocycles. The predicted octanol–water partition coefficient (Wildman–Crippen LogP) is 16.2. The molecule has 260 valence electrons. The Kier molecular flexibility index (Phi) is 7.31. The van der Waals surface area contributed by atoms with E-state index in [0.29, 0.717) is 0 Å². The molecule has 0 unspecified atom stereocenters. The van der Waals surface area contributed by atoms with Gasteiger partial charge in [0.05, 0.1) is 0 Å². The Balaban J connectivity index is 0.00000114. The maximum Gasteiger partial charge on any atom is 0.136 e. The van der Waals surface area contributed by atoms with E-state index in [0.717, 1.165) is 56.0 Å². The minimum atomic E-state index is 0.881. The average molecular weight is 741 g/mol. The Hall–Kier alpha value is -6.46. The third-order valence-corrected chi connectivity index (χ3v) is 12.9. The predicted molar refractivity (Wildman–Crippen MR) is 235 cm³/mol. The molecule has 55 heavy (non-hydrogen) atoms. The molecular formula is C51H32O2S2. The van der Waals surface area contributed by atoms with E-state index in [9.17, 15) is 0 Å². The molecular weight excluding hydrogens is 709 g/mol. The smallest absolute Gasteiger partial charge is 0.136 e. The fraction of sp³-hybridized carbons (Fsp3) is 0.0196. The summed E-state index contributed by atoms with van der Waals surface area (Å²) in [4.78, 5) is 2.50. The molecule has 10 aromatic rings. The standard InChI is InChI=1S/C48H26O2S2.C3H6/c1-3-13-43-29(7-1)25-45(51-43)33-19-31-9-5-11-35-37-21-27(15-17-39(37)49-41(23-33)47(31)35)28-16-18-40-38(22-28)36-12-6-10-32-20-34(24-42(50-40)48(32)36)46-26-30-8-2-4-14-44(30)52-46;1-3-2/h1-26H;3H,1H2,2H3.